The fraction of sp³-hybridized carbons (Fsp3) is 0.833. The summed E-state index contributed by atoms with van der Waals surface area (Å²) in [6.07, 6.45) is 3.20. The van der Waals surface area contributed by atoms with Gasteiger partial charge in [0.15, 0.2) is 0 Å². The van der Waals surface area contributed by atoms with Gasteiger partial charge >= 0.3 is 0 Å². The molecule has 5 nitrogen and oxygen atoms in total. The van der Waals surface area contributed by atoms with Crippen molar-refractivity contribution in [2.24, 2.45) is 5.92 Å². The maximum absolute atomic E-state index is 12.2. The van der Waals surface area contributed by atoms with Crippen LogP contribution in [0, 0.1) is 5.92 Å². The van der Waals surface area contributed by atoms with E-state index in [1.54, 1.807) is 4.90 Å². The van der Waals surface area contributed by atoms with Gasteiger partial charge in [0.2, 0.25) is 11.8 Å². The minimum Gasteiger partial charge on any atom is -0.336 e. The van der Waals surface area contributed by atoms with E-state index in [1.807, 2.05) is 4.90 Å². The van der Waals surface area contributed by atoms with Crippen molar-refractivity contribution in [2.75, 3.05) is 32.7 Å². The Hall–Kier alpha value is -0.810. The van der Waals surface area contributed by atoms with Crippen molar-refractivity contribution in [3.63, 3.8) is 0 Å². The van der Waals surface area contributed by atoms with Crippen LogP contribution in [0.1, 0.15) is 19.3 Å². The monoisotopic (exact) mass is 273 g/mol. The number of piperazine rings is 1. The topological polar surface area (TPSA) is 52.7 Å². The molecule has 2 aliphatic heterocycles. The van der Waals surface area contributed by atoms with Gasteiger partial charge in [0.05, 0.1) is 12.5 Å². The van der Waals surface area contributed by atoms with Crippen LogP contribution in [0.3, 0.4) is 0 Å². The summed E-state index contributed by atoms with van der Waals surface area (Å²) in [5.41, 5.74) is 0. The van der Waals surface area contributed by atoms with E-state index in [1.165, 1.54) is 0 Å². The standard InChI is InChI=1S/C12H19N3O2.ClH/c16-11-8-14(5-6-15(11)10-1-2-10)12(17)9-3-4-13-7-9;/h9-10,13H,1-8H2;1H. The number of nitrogens with zero attached hydrogens (tertiary/aromatic N) is 2. The van der Waals surface area contributed by atoms with Crippen LogP contribution in [0.4, 0.5) is 0 Å². The van der Waals surface area contributed by atoms with Crippen LogP contribution in [0.25, 0.3) is 0 Å². The van der Waals surface area contributed by atoms with E-state index >= 15 is 0 Å². The molecule has 2 heterocycles. The van der Waals surface area contributed by atoms with Crippen LogP contribution in [-0.2, 0) is 9.59 Å². The predicted octanol–water partition coefficient (Wildman–Crippen LogP) is -0.149. The molecule has 0 radical (unpaired) electrons. The Morgan fingerprint density at radius 1 is 1.22 bits per heavy atom. The van der Waals surface area contributed by atoms with Crippen molar-refractivity contribution in [3.8, 4) is 0 Å². The largest absolute Gasteiger partial charge is 0.336 e. The summed E-state index contributed by atoms with van der Waals surface area (Å²) in [7, 11) is 0. The fourth-order valence-electron chi connectivity index (χ4n) is 2.77. The normalized spacial score (nSPS) is 28.2. The van der Waals surface area contributed by atoms with Crippen molar-refractivity contribution in [2.45, 2.75) is 25.3 Å². The zero-order valence-electron chi connectivity index (χ0n) is 10.4. The third-order valence-corrected chi connectivity index (χ3v) is 3.97. The maximum atomic E-state index is 12.2. The Bertz CT molecular complexity index is 340. The molecule has 0 aromatic heterocycles. The molecule has 18 heavy (non-hydrogen) atoms. The van der Waals surface area contributed by atoms with Crippen molar-refractivity contribution >= 4 is 24.2 Å². The molecule has 3 aliphatic rings. The summed E-state index contributed by atoms with van der Waals surface area (Å²) in [6, 6.07) is 0.480. The molecule has 3 fully saturated rings. The molecule has 2 amide bonds. The molecule has 0 spiro atoms. The number of hydrogen-bond acceptors (Lipinski definition) is 3. The van der Waals surface area contributed by atoms with E-state index in [9.17, 15) is 9.59 Å². The summed E-state index contributed by atoms with van der Waals surface area (Å²) in [4.78, 5) is 27.8. The molecular formula is C12H20ClN3O2. The molecule has 1 unspecified atom stereocenters. The minimum absolute atomic E-state index is 0. The van der Waals surface area contributed by atoms with Crippen molar-refractivity contribution < 1.29 is 9.59 Å². The van der Waals surface area contributed by atoms with Crippen LogP contribution >= 0.6 is 12.4 Å². The summed E-state index contributed by atoms with van der Waals surface area (Å²) < 4.78 is 0. The van der Waals surface area contributed by atoms with Crippen LogP contribution in [0.5, 0.6) is 0 Å². The number of nitrogens with one attached hydrogen (secondary N) is 1. The summed E-state index contributed by atoms with van der Waals surface area (Å²) >= 11 is 0. The van der Waals surface area contributed by atoms with Gasteiger partial charge in [-0.1, -0.05) is 0 Å². The lowest BCUT2D eigenvalue weighted by Crippen LogP contribution is -2.54. The molecule has 0 aromatic rings. The number of amides is 2. The zero-order valence-corrected chi connectivity index (χ0v) is 11.2. The van der Waals surface area contributed by atoms with Gasteiger partial charge in [-0.05, 0) is 25.8 Å². The summed E-state index contributed by atoms with van der Waals surface area (Å²) in [6.45, 7) is 3.45. The van der Waals surface area contributed by atoms with Crippen molar-refractivity contribution in [3.05, 3.63) is 0 Å². The molecular weight excluding hydrogens is 254 g/mol. The van der Waals surface area contributed by atoms with Gasteiger partial charge in [-0.3, -0.25) is 9.59 Å². The first-order valence-corrected chi connectivity index (χ1v) is 6.54. The van der Waals surface area contributed by atoms with Crippen LogP contribution < -0.4 is 5.32 Å². The van der Waals surface area contributed by atoms with E-state index < -0.39 is 0 Å². The van der Waals surface area contributed by atoms with Crippen molar-refractivity contribution in [1.29, 1.82) is 0 Å². The number of hydrogen-bond donors (Lipinski definition) is 1. The first-order valence-electron chi connectivity index (χ1n) is 6.54. The zero-order chi connectivity index (χ0) is 11.8. The Labute approximate surface area is 113 Å². The molecule has 0 aromatic carbocycles. The predicted molar refractivity (Wildman–Crippen MR) is 69.5 cm³/mol. The van der Waals surface area contributed by atoms with E-state index in [0.717, 1.165) is 45.4 Å². The smallest absolute Gasteiger partial charge is 0.242 e. The van der Waals surface area contributed by atoms with E-state index in [-0.39, 0.29) is 30.1 Å². The molecule has 1 saturated carbocycles. The molecule has 0 bridgehead atoms. The average molecular weight is 274 g/mol. The lowest BCUT2D eigenvalue weighted by molar-refractivity contribution is -0.147. The van der Waals surface area contributed by atoms with Crippen molar-refractivity contribution in [1.82, 2.24) is 15.1 Å². The number of carbonyl (C=O) groups is 2. The maximum Gasteiger partial charge on any atom is 0.242 e. The average Bonchev–Trinajstić information content (AvgIpc) is 3.02. The second-order valence-corrected chi connectivity index (χ2v) is 5.27. The minimum atomic E-state index is 0. The van der Waals surface area contributed by atoms with E-state index in [0.29, 0.717) is 12.6 Å². The van der Waals surface area contributed by atoms with Gasteiger partial charge in [0.25, 0.3) is 0 Å². The van der Waals surface area contributed by atoms with E-state index in [4.69, 9.17) is 0 Å². The summed E-state index contributed by atoms with van der Waals surface area (Å²) in [5, 5.41) is 3.20. The Morgan fingerprint density at radius 3 is 2.56 bits per heavy atom. The highest BCUT2D eigenvalue weighted by atomic mass is 35.5. The molecule has 2 saturated heterocycles. The Morgan fingerprint density at radius 2 is 2.00 bits per heavy atom. The van der Waals surface area contributed by atoms with Gasteiger partial charge in [-0.15, -0.1) is 12.4 Å². The third kappa shape index (κ3) is 2.62. The number of carbonyl (C=O) groups excluding carboxylic acids is 2. The van der Waals surface area contributed by atoms with Gasteiger partial charge in [0, 0.05) is 25.7 Å². The van der Waals surface area contributed by atoms with Crippen LogP contribution in [0.2, 0.25) is 0 Å². The quantitative estimate of drug-likeness (QED) is 0.761. The molecule has 102 valence electrons. The van der Waals surface area contributed by atoms with Gasteiger partial charge in [-0.2, -0.15) is 0 Å². The van der Waals surface area contributed by atoms with Crippen LogP contribution in [-0.4, -0.2) is 60.4 Å². The molecule has 1 atom stereocenters. The highest BCUT2D eigenvalue weighted by Gasteiger charge is 2.38. The second-order valence-electron chi connectivity index (χ2n) is 5.27. The first-order chi connectivity index (χ1) is 8.25. The number of halogens is 1. The Balaban J connectivity index is 0.00000120. The van der Waals surface area contributed by atoms with Crippen LogP contribution in [0.15, 0.2) is 0 Å². The highest BCUT2D eigenvalue weighted by molar-refractivity contribution is 5.87. The SMILES string of the molecule is Cl.O=C(C1CCNC1)N1CCN(C2CC2)C(=O)C1. The third-order valence-electron chi connectivity index (χ3n) is 3.97. The Kier molecular flexibility index (Phi) is 4.12. The fourth-order valence-corrected chi connectivity index (χ4v) is 2.77. The second kappa shape index (κ2) is 5.45. The lowest BCUT2D eigenvalue weighted by Gasteiger charge is -2.35. The van der Waals surface area contributed by atoms with E-state index in [2.05, 4.69) is 5.32 Å². The lowest BCUT2D eigenvalue weighted by atomic mass is 10.1. The molecule has 1 N–H and O–H groups in total. The molecule has 1 aliphatic carbocycles. The van der Waals surface area contributed by atoms with Gasteiger partial charge < -0.3 is 15.1 Å². The highest BCUT2D eigenvalue weighted by Crippen LogP contribution is 2.28. The number of rotatable bonds is 2. The molecule has 6 heteroatoms. The molecule has 3 rings (SSSR count). The van der Waals surface area contributed by atoms with Gasteiger partial charge in [0.1, 0.15) is 0 Å². The first kappa shape index (κ1) is 13.6. The summed E-state index contributed by atoms with van der Waals surface area (Å²) in [5.74, 6) is 0.395. The van der Waals surface area contributed by atoms with Gasteiger partial charge in [-0.25, -0.2) is 0 Å².